The number of nitrogens with zero attached hydrogens (tertiary/aromatic N) is 2. The zero-order valence-corrected chi connectivity index (χ0v) is 12.5. The van der Waals surface area contributed by atoms with Crippen LogP contribution in [0.4, 0.5) is 0 Å². The van der Waals surface area contributed by atoms with Gasteiger partial charge >= 0.3 is 0 Å². The lowest BCUT2D eigenvalue weighted by Gasteiger charge is -2.17. The zero-order chi connectivity index (χ0) is 13.1. The van der Waals surface area contributed by atoms with Gasteiger partial charge in [-0.3, -0.25) is 0 Å². The van der Waals surface area contributed by atoms with E-state index in [9.17, 15) is 0 Å². The maximum Gasteiger partial charge on any atom is 0.188 e. The van der Waals surface area contributed by atoms with E-state index >= 15 is 0 Å². The Hall–Kier alpha value is -0.620. The summed E-state index contributed by atoms with van der Waals surface area (Å²) in [5, 5.41) is 0.881. The summed E-state index contributed by atoms with van der Waals surface area (Å²) in [4.78, 5) is 9.82. The molecule has 0 amide bonds. The van der Waals surface area contributed by atoms with E-state index in [4.69, 9.17) is 17.3 Å². The highest BCUT2D eigenvalue weighted by molar-refractivity contribution is 7.99. The van der Waals surface area contributed by atoms with Crippen LogP contribution >= 0.6 is 34.7 Å². The number of halogens is 1. The van der Waals surface area contributed by atoms with Crippen molar-refractivity contribution in [2.45, 2.75) is 30.3 Å². The molecule has 0 aliphatic carbocycles. The Kier molecular flexibility index (Phi) is 4.61. The van der Waals surface area contributed by atoms with Crippen molar-refractivity contribution >= 4 is 34.7 Å². The second-order valence-electron chi connectivity index (χ2n) is 4.02. The summed E-state index contributed by atoms with van der Waals surface area (Å²) in [6, 6.07) is 5.81. The standard InChI is InChI=1S/C12H14ClN3S2/c1-7-5-6-15-12(16-7)18-11(8(2)14)9-3-4-10(13)17-9/h3-6,8,11H,14H2,1-2H3. The molecule has 0 aliphatic heterocycles. The first kappa shape index (κ1) is 13.8. The third-order valence-electron chi connectivity index (χ3n) is 2.36. The summed E-state index contributed by atoms with van der Waals surface area (Å²) in [7, 11) is 0. The molecule has 2 aromatic rings. The van der Waals surface area contributed by atoms with Gasteiger partial charge in [0.2, 0.25) is 0 Å². The second-order valence-corrected chi connectivity index (χ2v) is 6.88. The van der Waals surface area contributed by atoms with Crippen molar-refractivity contribution in [3.05, 3.63) is 39.3 Å². The van der Waals surface area contributed by atoms with Gasteiger partial charge in [-0.05, 0) is 32.0 Å². The molecule has 18 heavy (non-hydrogen) atoms. The molecular weight excluding hydrogens is 286 g/mol. The first-order valence-corrected chi connectivity index (χ1v) is 7.61. The molecule has 6 heteroatoms. The maximum atomic E-state index is 6.05. The largest absolute Gasteiger partial charge is 0.327 e. The van der Waals surface area contributed by atoms with Gasteiger partial charge in [-0.2, -0.15) is 0 Å². The Morgan fingerprint density at radius 2 is 2.17 bits per heavy atom. The average Bonchev–Trinajstić information content (AvgIpc) is 2.72. The number of thioether (sulfide) groups is 1. The fourth-order valence-corrected chi connectivity index (χ4v) is 3.90. The van der Waals surface area contributed by atoms with Crippen LogP contribution in [0.15, 0.2) is 29.6 Å². The number of aryl methyl sites for hydroxylation is 1. The highest BCUT2D eigenvalue weighted by Gasteiger charge is 2.21. The molecule has 2 N–H and O–H groups in total. The van der Waals surface area contributed by atoms with Crippen LogP contribution in [0.5, 0.6) is 0 Å². The van der Waals surface area contributed by atoms with Crippen LogP contribution in [0.1, 0.15) is 22.7 Å². The van der Waals surface area contributed by atoms with Crippen LogP contribution in [0, 0.1) is 6.92 Å². The summed E-state index contributed by atoms with van der Waals surface area (Å²) < 4.78 is 0.779. The smallest absolute Gasteiger partial charge is 0.188 e. The van der Waals surface area contributed by atoms with E-state index in [1.807, 2.05) is 32.0 Å². The van der Waals surface area contributed by atoms with Gasteiger partial charge < -0.3 is 5.73 Å². The molecule has 2 atom stereocenters. The van der Waals surface area contributed by atoms with Crippen molar-refractivity contribution in [1.82, 2.24) is 9.97 Å². The predicted molar refractivity (Wildman–Crippen MR) is 78.3 cm³/mol. The fraction of sp³-hybridized carbons (Fsp3) is 0.333. The third-order valence-corrected chi connectivity index (χ3v) is 5.17. The first-order chi connectivity index (χ1) is 8.56. The Labute approximate surface area is 120 Å². The summed E-state index contributed by atoms with van der Waals surface area (Å²) >= 11 is 9.11. The van der Waals surface area contributed by atoms with Crippen LogP contribution in [0.25, 0.3) is 0 Å². The summed E-state index contributed by atoms with van der Waals surface area (Å²) in [5.74, 6) is 0. The molecule has 2 unspecified atom stereocenters. The van der Waals surface area contributed by atoms with Crippen molar-refractivity contribution in [3.8, 4) is 0 Å². The van der Waals surface area contributed by atoms with E-state index in [-0.39, 0.29) is 11.3 Å². The molecule has 96 valence electrons. The number of hydrogen-bond donors (Lipinski definition) is 1. The topological polar surface area (TPSA) is 51.8 Å². The van der Waals surface area contributed by atoms with E-state index in [2.05, 4.69) is 9.97 Å². The van der Waals surface area contributed by atoms with Gasteiger partial charge in [-0.15, -0.1) is 11.3 Å². The summed E-state index contributed by atoms with van der Waals surface area (Å²) in [6.45, 7) is 3.94. The number of thiophene rings is 1. The van der Waals surface area contributed by atoms with Crippen LogP contribution < -0.4 is 5.73 Å². The molecular formula is C12H14ClN3S2. The monoisotopic (exact) mass is 299 g/mol. The highest BCUT2D eigenvalue weighted by Crippen LogP contribution is 2.39. The SMILES string of the molecule is Cc1ccnc(SC(c2ccc(Cl)s2)C(C)N)n1. The minimum Gasteiger partial charge on any atom is -0.327 e. The number of nitrogens with two attached hydrogens (primary N) is 1. The Morgan fingerprint density at radius 1 is 1.39 bits per heavy atom. The minimum absolute atomic E-state index is 0.00817. The van der Waals surface area contributed by atoms with Gasteiger partial charge in [0.1, 0.15) is 0 Å². The Bertz CT molecular complexity index is 528. The normalized spacial score (nSPS) is 14.4. The maximum absolute atomic E-state index is 6.05. The molecule has 0 saturated carbocycles. The van der Waals surface area contributed by atoms with Crippen LogP contribution in [0.2, 0.25) is 4.34 Å². The molecule has 2 heterocycles. The number of rotatable bonds is 4. The van der Waals surface area contributed by atoms with Gasteiger partial charge in [0.25, 0.3) is 0 Å². The van der Waals surface area contributed by atoms with Crippen LogP contribution in [-0.2, 0) is 0 Å². The number of hydrogen-bond acceptors (Lipinski definition) is 5. The van der Waals surface area contributed by atoms with Crippen LogP contribution in [-0.4, -0.2) is 16.0 Å². The molecule has 0 aromatic carbocycles. The molecule has 3 nitrogen and oxygen atoms in total. The van der Waals surface area contributed by atoms with Gasteiger partial charge in [0.05, 0.1) is 9.59 Å². The molecule has 0 radical (unpaired) electrons. The molecule has 0 bridgehead atoms. The van der Waals surface area contributed by atoms with E-state index in [1.54, 1.807) is 29.3 Å². The molecule has 0 fully saturated rings. The van der Waals surface area contributed by atoms with Crippen molar-refractivity contribution in [2.24, 2.45) is 5.73 Å². The van der Waals surface area contributed by atoms with E-state index in [0.717, 1.165) is 20.1 Å². The van der Waals surface area contributed by atoms with Crippen molar-refractivity contribution in [3.63, 3.8) is 0 Å². The molecule has 0 aliphatic rings. The molecule has 2 aromatic heterocycles. The Balaban J connectivity index is 2.22. The van der Waals surface area contributed by atoms with Gasteiger partial charge in [0.15, 0.2) is 5.16 Å². The van der Waals surface area contributed by atoms with Crippen molar-refractivity contribution in [2.75, 3.05) is 0 Å². The summed E-state index contributed by atoms with van der Waals surface area (Å²) in [6.07, 6.45) is 1.77. The molecule has 0 spiro atoms. The molecule has 0 saturated heterocycles. The van der Waals surface area contributed by atoms with Crippen LogP contribution in [0.3, 0.4) is 0 Å². The Morgan fingerprint density at radius 3 is 2.72 bits per heavy atom. The lowest BCUT2D eigenvalue weighted by Crippen LogP contribution is -2.22. The zero-order valence-electron chi connectivity index (χ0n) is 10.1. The quantitative estimate of drug-likeness (QED) is 0.691. The van der Waals surface area contributed by atoms with Gasteiger partial charge in [-0.1, -0.05) is 23.4 Å². The van der Waals surface area contributed by atoms with E-state index < -0.39 is 0 Å². The number of aromatic nitrogens is 2. The van der Waals surface area contributed by atoms with Gasteiger partial charge in [0, 0.05) is 22.8 Å². The third kappa shape index (κ3) is 3.45. The van der Waals surface area contributed by atoms with Gasteiger partial charge in [-0.25, -0.2) is 9.97 Å². The lowest BCUT2D eigenvalue weighted by atomic mass is 10.2. The fourth-order valence-electron chi connectivity index (χ4n) is 1.50. The highest BCUT2D eigenvalue weighted by atomic mass is 35.5. The average molecular weight is 300 g/mol. The van der Waals surface area contributed by atoms with Crippen molar-refractivity contribution < 1.29 is 0 Å². The summed E-state index contributed by atoms with van der Waals surface area (Å²) in [5.41, 5.74) is 7.01. The predicted octanol–water partition coefficient (Wildman–Crippen LogP) is 3.68. The molecule has 2 rings (SSSR count). The minimum atomic E-state index is 0.00817. The second kappa shape index (κ2) is 6.02. The van der Waals surface area contributed by atoms with E-state index in [1.165, 1.54) is 0 Å². The van der Waals surface area contributed by atoms with Crippen molar-refractivity contribution in [1.29, 1.82) is 0 Å². The first-order valence-electron chi connectivity index (χ1n) is 5.53. The lowest BCUT2D eigenvalue weighted by molar-refractivity contribution is 0.726. The van der Waals surface area contributed by atoms with E-state index in [0.29, 0.717) is 0 Å².